The van der Waals surface area contributed by atoms with Gasteiger partial charge in [-0.25, -0.2) is 0 Å². The number of anilines is 1. The minimum atomic E-state index is -0.229. The van der Waals surface area contributed by atoms with Crippen LogP contribution in [0.2, 0.25) is 0 Å². The number of pyridine rings is 1. The number of benzene rings is 2. The summed E-state index contributed by atoms with van der Waals surface area (Å²) < 4.78 is 16.3. The zero-order chi connectivity index (χ0) is 23.0. The zero-order valence-corrected chi connectivity index (χ0v) is 19.0. The second kappa shape index (κ2) is 10.6. The lowest BCUT2D eigenvalue weighted by molar-refractivity contribution is 0.102. The zero-order valence-electron chi connectivity index (χ0n) is 18.1. The van der Waals surface area contributed by atoms with Crippen LogP contribution < -0.4 is 14.8 Å². The minimum absolute atomic E-state index is 0.229. The Labute approximate surface area is 195 Å². The molecular weight excluding hydrogens is 440 g/mol. The lowest BCUT2D eigenvalue weighted by atomic mass is 10.2. The van der Waals surface area contributed by atoms with Gasteiger partial charge in [0, 0.05) is 36.0 Å². The summed E-state index contributed by atoms with van der Waals surface area (Å²) in [6, 6.07) is 16.4. The van der Waals surface area contributed by atoms with Gasteiger partial charge in [-0.2, -0.15) is 4.98 Å². The van der Waals surface area contributed by atoms with Crippen molar-refractivity contribution in [1.82, 2.24) is 15.1 Å². The smallest absolute Gasteiger partial charge is 0.256 e. The Morgan fingerprint density at radius 3 is 2.67 bits per heavy atom. The number of carbonyl (C=O) groups excluding carboxylic acids is 1. The van der Waals surface area contributed by atoms with E-state index in [1.807, 2.05) is 30.3 Å². The van der Waals surface area contributed by atoms with Gasteiger partial charge in [0.2, 0.25) is 5.89 Å². The molecule has 0 saturated carbocycles. The first-order valence-corrected chi connectivity index (χ1v) is 11.1. The third-order valence-electron chi connectivity index (χ3n) is 4.62. The number of hydrogen-bond acceptors (Lipinski definition) is 8. The lowest BCUT2D eigenvalue weighted by Gasteiger charge is -2.14. The maximum absolute atomic E-state index is 13.0. The van der Waals surface area contributed by atoms with Gasteiger partial charge in [0.1, 0.15) is 6.61 Å². The van der Waals surface area contributed by atoms with E-state index in [4.69, 9.17) is 14.0 Å². The molecular formula is C24H22N4O4S. The molecule has 0 unspecified atom stereocenters. The fourth-order valence-corrected chi connectivity index (χ4v) is 3.92. The Hall–Kier alpha value is -3.85. The van der Waals surface area contributed by atoms with Crippen molar-refractivity contribution in [1.29, 1.82) is 0 Å². The quantitative estimate of drug-likeness (QED) is 0.351. The van der Waals surface area contributed by atoms with Gasteiger partial charge in [0.05, 0.1) is 18.4 Å². The number of carbonyl (C=O) groups is 1. The van der Waals surface area contributed by atoms with Crippen LogP contribution in [0.25, 0.3) is 0 Å². The SMILES string of the molecule is COc1ccc(NC(=O)c2ccccc2SCc2noc(C)n2)cc1OCc1ccncc1. The van der Waals surface area contributed by atoms with E-state index < -0.39 is 0 Å². The molecule has 0 aliphatic heterocycles. The van der Waals surface area contributed by atoms with Crippen molar-refractivity contribution in [2.24, 2.45) is 0 Å². The first-order valence-electron chi connectivity index (χ1n) is 10.1. The molecule has 2 heterocycles. The van der Waals surface area contributed by atoms with Gasteiger partial charge >= 0.3 is 0 Å². The predicted octanol–water partition coefficient (Wildman–Crippen LogP) is 4.91. The van der Waals surface area contributed by atoms with Crippen LogP contribution >= 0.6 is 11.8 Å². The van der Waals surface area contributed by atoms with Crippen molar-refractivity contribution < 1.29 is 18.8 Å². The average molecular weight is 463 g/mol. The van der Waals surface area contributed by atoms with E-state index in [1.165, 1.54) is 11.8 Å². The summed E-state index contributed by atoms with van der Waals surface area (Å²) in [6.45, 7) is 2.09. The lowest BCUT2D eigenvalue weighted by Crippen LogP contribution is -2.13. The molecule has 0 saturated heterocycles. The van der Waals surface area contributed by atoms with Crippen molar-refractivity contribution in [2.45, 2.75) is 24.2 Å². The molecule has 2 aromatic heterocycles. The van der Waals surface area contributed by atoms with E-state index in [0.717, 1.165) is 10.5 Å². The van der Waals surface area contributed by atoms with E-state index in [1.54, 1.807) is 50.7 Å². The molecule has 8 nitrogen and oxygen atoms in total. The highest BCUT2D eigenvalue weighted by atomic mass is 32.2. The highest BCUT2D eigenvalue weighted by Crippen LogP contribution is 2.32. The second-order valence-corrected chi connectivity index (χ2v) is 8.00. The number of methoxy groups -OCH3 is 1. The van der Waals surface area contributed by atoms with Crippen LogP contribution in [0.3, 0.4) is 0 Å². The summed E-state index contributed by atoms with van der Waals surface area (Å²) in [7, 11) is 1.57. The van der Waals surface area contributed by atoms with Gasteiger partial charge in [0.25, 0.3) is 5.91 Å². The Kier molecular flexibility index (Phi) is 7.21. The molecule has 168 valence electrons. The molecule has 33 heavy (non-hydrogen) atoms. The maximum atomic E-state index is 13.0. The van der Waals surface area contributed by atoms with Gasteiger partial charge in [-0.1, -0.05) is 17.3 Å². The van der Waals surface area contributed by atoms with Crippen LogP contribution in [0.15, 0.2) is 76.4 Å². The third-order valence-corrected chi connectivity index (χ3v) is 5.69. The first kappa shape index (κ1) is 22.3. The first-order chi connectivity index (χ1) is 16.1. The third kappa shape index (κ3) is 5.89. The van der Waals surface area contributed by atoms with E-state index in [-0.39, 0.29) is 5.91 Å². The summed E-state index contributed by atoms with van der Waals surface area (Å²) in [5.74, 6) is 2.47. The number of thioether (sulfide) groups is 1. The van der Waals surface area contributed by atoms with Crippen molar-refractivity contribution in [3.05, 3.63) is 89.8 Å². The number of rotatable bonds is 9. The van der Waals surface area contributed by atoms with E-state index in [9.17, 15) is 4.79 Å². The summed E-state index contributed by atoms with van der Waals surface area (Å²) >= 11 is 1.47. The van der Waals surface area contributed by atoms with Crippen molar-refractivity contribution in [3.8, 4) is 11.5 Å². The standard InChI is InChI=1S/C24H22N4O4S/c1-16-26-23(28-32-16)15-33-22-6-4-3-5-19(22)24(29)27-18-7-8-20(30-2)21(13-18)31-14-17-9-11-25-12-10-17/h3-13H,14-15H2,1-2H3,(H,27,29). The highest BCUT2D eigenvalue weighted by Gasteiger charge is 2.15. The molecule has 0 spiro atoms. The van der Waals surface area contributed by atoms with Gasteiger partial charge in [0.15, 0.2) is 17.3 Å². The molecule has 1 N–H and O–H groups in total. The van der Waals surface area contributed by atoms with Crippen LogP contribution in [-0.4, -0.2) is 28.1 Å². The molecule has 0 radical (unpaired) electrons. The van der Waals surface area contributed by atoms with Crippen molar-refractivity contribution >= 4 is 23.4 Å². The van der Waals surface area contributed by atoms with Gasteiger partial charge in [-0.3, -0.25) is 9.78 Å². The van der Waals surface area contributed by atoms with Crippen LogP contribution in [0.1, 0.15) is 27.6 Å². The molecule has 4 rings (SSSR count). The Morgan fingerprint density at radius 1 is 1.09 bits per heavy atom. The molecule has 0 fully saturated rings. The number of nitrogens with zero attached hydrogens (tertiary/aromatic N) is 3. The van der Waals surface area contributed by atoms with Crippen molar-refractivity contribution in [3.63, 3.8) is 0 Å². The Morgan fingerprint density at radius 2 is 1.91 bits per heavy atom. The van der Waals surface area contributed by atoms with Crippen LogP contribution in [0.4, 0.5) is 5.69 Å². The van der Waals surface area contributed by atoms with Crippen LogP contribution in [-0.2, 0) is 12.4 Å². The second-order valence-electron chi connectivity index (χ2n) is 6.98. The summed E-state index contributed by atoms with van der Waals surface area (Å²) in [6.07, 6.45) is 3.42. The molecule has 2 aromatic carbocycles. The largest absolute Gasteiger partial charge is 0.493 e. The van der Waals surface area contributed by atoms with Crippen LogP contribution in [0.5, 0.6) is 11.5 Å². The number of amides is 1. The predicted molar refractivity (Wildman–Crippen MR) is 125 cm³/mol. The highest BCUT2D eigenvalue weighted by molar-refractivity contribution is 7.98. The van der Waals surface area contributed by atoms with E-state index >= 15 is 0 Å². The number of hydrogen-bond donors (Lipinski definition) is 1. The number of nitrogens with one attached hydrogen (secondary N) is 1. The van der Waals surface area contributed by atoms with Gasteiger partial charge < -0.3 is 19.3 Å². The average Bonchev–Trinajstić information content (AvgIpc) is 3.27. The molecule has 0 aliphatic rings. The topological polar surface area (TPSA) is 99.4 Å². The summed E-state index contributed by atoms with van der Waals surface area (Å²) in [4.78, 5) is 22.1. The molecule has 0 bridgehead atoms. The minimum Gasteiger partial charge on any atom is -0.493 e. The normalized spacial score (nSPS) is 10.6. The number of aryl methyl sites for hydroxylation is 1. The molecule has 9 heteroatoms. The van der Waals surface area contributed by atoms with Crippen LogP contribution in [0, 0.1) is 6.92 Å². The number of aromatic nitrogens is 3. The fourth-order valence-electron chi connectivity index (χ4n) is 3.03. The summed E-state index contributed by atoms with van der Waals surface area (Å²) in [5.41, 5.74) is 2.13. The molecule has 0 atom stereocenters. The molecule has 1 amide bonds. The monoisotopic (exact) mass is 462 g/mol. The van der Waals surface area contributed by atoms with Gasteiger partial charge in [-0.15, -0.1) is 11.8 Å². The Bertz CT molecular complexity index is 1230. The fraction of sp³-hybridized carbons (Fsp3) is 0.167. The van der Waals surface area contributed by atoms with E-state index in [2.05, 4.69) is 20.4 Å². The van der Waals surface area contributed by atoms with E-state index in [0.29, 0.717) is 46.8 Å². The van der Waals surface area contributed by atoms with Gasteiger partial charge in [-0.05, 0) is 42.0 Å². The molecule has 0 aliphatic carbocycles. The number of ether oxygens (including phenoxy) is 2. The van der Waals surface area contributed by atoms with Crippen molar-refractivity contribution in [2.75, 3.05) is 12.4 Å². The molecule has 4 aromatic rings. The Balaban J connectivity index is 1.46. The summed E-state index contributed by atoms with van der Waals surface area (Å²) in [5, 5.41) is 6.84. The maximum Gasteiger partial charge on any atom is 0.256 e.